The minimum Gasteiger partial charge on any atom is -0.496 e. The Morgan fingerprint density at radius 1 is 1.16 bits per heavy atom. The summed E-state index contributed by atoms with van der Waals surface area (Å²) in [5, 5.41) is 4.27. The largest absolute Gasteiger partial charge is 0.496 e. The molecule has 6 heteroatoms. The first-order chi connectivity index (χ1) is 15.5. The molecule has 2 heterocycles. The van der Waals surface area contributed by atoms with Crippen LogP contribution in [0.3, 0.4) is 0 Å². The van der Waals surface area contributed by atoms with Crippen molar-refractivity contribution in [3.8, 4) is 17.0 Å². The van der Waals surface area contributed by atoms with Crippen molar-refractivity contribution in [3.05, 3.63) is 72.0 Å². The third-order valence-corrected chi connectivity index (χ3v) is 6.24. The summed E-state index contributed by atoms with van der Waals surface area (Å²) in [5.41, 5.74) is 2.40. The molecule has 0 aliphatic carbocycles. The summed E-state index contributed by atoms with van der Waals surface area (Å²) in [4.78, 5) is 17.5. The summed E-state index contributed by atoms with van der Waals surface area (Å²) in [6.45, 7) is 2.37. The first kappa shape index (κ1) is 22.1. The van der Waals surface area contributed by atoms with Gasteiger partial charge in [0.25, 0.3) is 0 Å². The van der Waals surface area contributed by atoms with E-state index in [2.05, 4.69) is 16.1 Å². The molecule has 0 spiro atoms. The number of nitrogens with zero attached hydrogens (tertiary/aromatic N) is 3. The van der Waals surface area contributed by atoms with Gasteiger partial charge in [0.05, 0.1) is 12.5 Å². The smallest absolute Gasteiger partial charge is 0.230 e. The summed E-state index contributed by atoms with van der Waals surface area (Å²) in [6, 6.07) is 20.0. The number of aromatic nitrogens is 1. The number of ether oxygens (including phenoxy) is 1. The Bertz CT molecular complexity index is 1050. The molecule has 1 aromatic heterocycles. The summed E-state index contributed by atoms with van der Waals surface area (Å²) in [6.07, 6.45) is 2.31. The number of benzene rings is 2. The van der Waals surface area contributed by atoms with Gasteiger partial charge in [0.1, 0.15) is 17.2 Å². The van der Waals surface area contributed by atoms with Crippen LogP contribution in [0.4, 0.5) is 0 Å². The molecule has 32 heavy (non-hydrogen) atoms. The van der Waals surface area contributed by atoms with E-state index in [0.29, 0.717) is 13.0 Å². The van der Waals surface area contributed by atoms with Gasteiger partial charge in [-0.2, -0.15) is 0 Å². The molecule has 1 aliphatic heterocycles. The maximum atomic E-state index is 13.4. The summed E-state index contributed by atoms with van der Waals surface area (Å²) in [7, 11) is 5.36. The maximum Gasteiger partial charge on any atom is 0.230 e. The summed E-state index contributed by atoms with van der Waals surface area (Å²) >= 11 is 0. The average Bonchev–Trinajstić information content (AvgIpc) is 3.28. The molecular weight excluding hydrogens is 402 g/mol. The van der Waals surface area contributed by atoms with Gasteiger partial charge in [0, 0.05) is 50.8 Å². The Labute approximate surface area is 189 Å². The molecule has 1 atom stereocenters. The van der Waals surface area contributed by atoms with Crippen LogP contribution in [0.15, 0.2) is 65.2 Å². The monoisotopic (exact) mass is 433 g/mol. The molecule has 0 saturated carbocycles. The van der Waals surface area contributed by atoms with Gasteiger partial charge in [-0.25, -0.2) is 0 Å². The highest BCUT2D eigenvalue weighted by molar-refractivity contribution is 5.83. The molecule has 2 aromatic carbocycles. The average molecular weight is 434 g/mol. The van der Waals surface area contributed by atoms with E-state index in [4.69, 9.17) is 9.26 Å². The quantitative estimate of drug-likeness (QED) is 0.557. The highest BCUT2D eigenvalue weighted by Gasteiger charge is 2.44. The maximum absolute atomic E-state index is 13.4. The number of para-hydroxylation sites is 1. The van der Waals surface area contributed by atoms with Gasteiger partial charge in [-0.15, -0.1) is 0 Å². The predicted molar refractivity (Wildman–Crippen MR) is 124 cm³/mol. The molecule has 0 bridgehead atoms. The van der Waals surface area contributed by atoms with Gasteiger partial charge in [-0.05, 0) is 25.5 Å². The molecule has 1 aliphatic rings. The van der Waals surface area contributed by atoms with E-state index in [0.717, 1.165) is 54.3 Å². The van der Waals surface area contributed by atoms with Gasteiger partial charge in [0.2, 0.25) is 5.91 Å². The highest BCUT2D eigenvalue weighted by Crippen LogP contribution is 2.37. The van der Waals surface area contributed by atoms with Crippen molar-refractivity contribution in [1.29, 1.82) is 0 Å². The standard InChI is InChI=1S/C26H31N3O3/c1-28(2)25(30)26(17-22-16-23(27-32-22)20-10-5-4-6-11-20)14-9-15-29(19-26)18-21-12-7-8-13-24(21)31-3/h4-8,10-13,16H,9,14-15,17-19H2,1-3H3. The second-order valence-electron chi connectivity index (χ2n) is 8.83. The van der Waals surface area contributed by atoms with Crippen LogP contribution < -0.4 is 4.74 Å². The Kier molecular flexibility index (Phi) is 6.61. The van der Waals surface area contributed by atoms with Crippen LogP contribution in [0.2, 0.25) is 0 Å². The molecule has 4 rings (SSSR count). The molecule has 0 radical (unpaired) electrons. The van der Waals surface area contributed by atoms with E-state index in [1.54, 1.807) is 12.0 Å². The van der Waals surface area contributed by atoms with Crippen molar-refractivity contribution in [2.45, 2.75) is 25.8 Å². The minimum atomic E-state index is -0.544. The number of rotatable bonds is 7. The third-order valence-electron chi connectivity index (χ3n) is 6.24. The number of hydrogen-bond donors (Lipinski definition) is 0. The Morgan fingerprint density at radius 3 is 2.66 bits per heavy atom. The molecule has 1 unspecified atom stereocenters. The zero-order valence-corrected chi connectivity index (χ0v) is 19.1. The Hall–Kier alpha value is -3.12. The van der Waals surface area contributed by atoms with Crippen LogP contribution >= 0.6 is 0 Å². The number of methoxy groups -OCH3 is 1. The number of carbonyl (C=O) groups is 1. The first-order valence-electron chi connectivity index (χ1n) is 11.1. The van der Waals surface area contributed by atoms with Crippen LogP contribution in [-0.2, 0) is 17.8 Å². The lowest BCUT2D eigenvalue weighted by Crippen LogP contribution is -2.52. The van der Waals surface area contributed by atoms with Crippen molar-refractivity contribution < 1.29 is 14.1 Å². The van der Waals surface area contributed by atoms with Crippen LogP contribution in [0.5, 0.6) is 5.75 Å². The number of piperidine rings is 1. The zero-order valence-electron chi connectivity index (χ0n) is 19.1. The second kappa shape index (κ2) is 9.57. The first-order valence-corrected chi connectivity index (χ1v) is 11.1. The van der Waals surface area contributed by atoms with E-state index in [9.17, 15) is 4.79 Å². The minimum absolute atomic E-state index is 0.139. The SMILES string of the molecule is COc1ccccc1CN1CCCC(Cc2cc(-c3ccccc3)no2)(C(=O)N(C)C)C1. The van der Waals surface area contributed by atoms with Crippen LogP contribution in [0.25, 0.3) is 11.3 Å². The molecule has 3 aromatic rings. The van der Waals surface area contributed by atoms with Crippen LogP contribution in [-0.4, -0.2) is 55.2 Å². The Balaban J connectivity index is 1.58. The Morgan fingerprint density at radius 2 is 1.91 bits per heavy atom. The lowest BCUT2D eigenvalue weighted by molar-refractivity contribution is -0.143. The lowest BCUT2D eigenvalue weighted by Gasteiger charge is -2.42. The lowest BCUT2D eigenvalue weighted by atomic mass is 9.75. The number of carbonyl (C=O) groups excluding carboxylic acids is 1. The topological polar surface area (TPSA) is 58.8 Å². The van der Waals surface area contributed by atoms with E-state index in [-0.39, 0.29) is 5.91 Å². The number of hydrogen-bond acceptors (Lipinski definition) is 5. The van der Waals surface area contributed by atoms with Crippen LogP contribution in [0.1, 0.15) is 24.2 Å². The van der Waals surface area contributed by atoms with Gasteiger partial charge in [0.15, 0.2) is 0 Å². The predicted octanol–water partition coefficient (Wildman–Crippen LogP) is 4.26. The summed E-state index contributed by atoms with van der Waals surface area (Å²) < 4.78 is 11.2. The fourth-order valence-corrected chi connectivity index (χ4v) is 4.78. The molecule has 1 amide bonds. The van der Waals surface area contributed by atoms with Crippen molar-refractivity contribution in [1.82, 2.24) is 15.0 Å². The normalized spacial score (nSPS) is 19.0. The van der Waals surface area contributed by atoms with E-state index in [1.165, 1.54) is 0 Å². The van der Waals surface area contributed by atoms with Crippen molar-refractivity contribution in [2.24, 2.45) is 5.41 Å². The van der Waals surface area contributed by atoms with Gasteiger partial charge >= 0.3 is 0 Å². The fourth-order valence-electron chi connectivity index (χ4n) is 4.78. The molecule has 1 fully saturated rings. The van der Waals surface area contributed by atoms with Gasteiger partial charge in [-0.1, -0.05) is 53.7 Å². The molecular formula is C26H31N3O3. The van der Waals surface area contributed by atoms with Crippen molar-refractivity contribution in [3.63, 3.8) is 0 Å². The number of likely N-dealkylation sites (tertiary alicyclic amines) is 1. The van der Waals surface area contributed by atoms with Gasteiger partial charge < -0.3 is 14.2 Å². The van der Waals surface area contributed by atoms with Gasteiger partial charge in [-0.3, -0.25) is 9.69 Å². The van der Waals surface area contributed by atoms with E-state index in [1.807, 2.05) is 68.7 Å². The molecule has 6 nitrogen and oxygen atoms in total. The molecule has 168 valence electrons. The van der Waals surface area contributed by atoms with Crippen molar-refractivity contribution >= 4 is 5.91 Å². The molecule has 0 N–H and O–H groups in total. The third kappa shape index (κ3) is 4.70. The second-order valence-corrected chi connectivity index (χ2v) is 8.83. The van der Waals surface area contributed by atoms with E-state index >= 15 is 0 Å². The zero-order chi connectivity index (χ0) is 22.6. The molecule has 1 saturated heterocycles. The number of amides is 1. The van der Waals surface area contributed by atoms with E-state index < -0.39 is 5.41 Å². The highest BCUT2D eigenvalue weighted by atomic mass is 16.5. The summed E-state index contributed by atoms with van der Waals surface area (Å²) in [5.74, 6) is 1.77. The fraction of sp³-hybridized carbons (Fsp3) is 0.385. The van der Waals surface area contributed by atoms with Crippen LogP contribution in [0, 0.1) is 5.41 Å². The van der Waals surface area contributed by atoms with Crippen molar-refractivity contribution in [2.75, 3.05) is 34.3 Å².